The third-order valence-corrected chi connectivity index (χ3v) is 4.72. The molecule has 1 amide bonds. The molecule has 0 aliphatic rings. The number of aromatic nitrogens is 1. The van der Waals surface area contributed by atoms with Crippen molar-refractivity contribution in [2.45, 2.75) is 13.3 Å². The van der Waals surface area contributed by atoms with Gasteiger partial charge in [-0.15, -0.1) is 0 Å². The Morgan fingerprint density at radius 2 is 1.90 bits per heavy atom. The van der Waals surface area contributed by atoms with E-state index in [1.165, 1.54) is 23.8 Å². The van der Waals surface area contributed by atoms with E-state index in [4.69, 9.17) is 9.15 Å². The average Bonchev–Trinajstić information content (AvgIpc) is 3.21. The Balaban J connectivity index is 1.51. The molecule has 3 aromatic carbocycles. The lowest BCUT2D eigenvalue weighted by Gasteiger charge is -2.10. The highest BCUT2D eigenvalue weighted by Gasteiger charge is 2.16. The molecule has 8 heteroatoms. The highest BCUT2D eigenvalue weighted by Crippen LogP contribution is 2.31. The summed E-state index contributed by atoms with van der Waals surface area (Å²) in [4.78, 5) is 27.3. The molecular formula is C23H19N3O5. The van der Waals surface area contributed by atoms with Crippen LogP contribution in [-0.4, -0.2) is 22.4 Å². The van der Waals surface area contributed by atoms with Gasteiger partial charge in [0, 0.05) is 6.07 Å². The highest BCUT2D eigenvalue weighted by molar-refractivity contribution is 5.96. The lowest BCUT2D eigenvalue weighted by Crippen LogP contribution is -2.20. The number of hydrogen-bond acceptors (Lipinski definition) is 6. The third-order valence-electron chi connectivity index (χ3n) is 4.72. The summed E-state index contributed by atoms with van der Waals surface area (Å²) in [7, 11) is 0. The Morgan fingerprint density at radius 3 is 2.65 bits per heavy atom. The smallest absolute Gasteiger partial charge is 0.273 e. The van der Waals surface area contributed by atoms with Crippen molar-refractivity contribution in [3.05, 3.63) is 82.4 Å². The van der Waals surface area contributed by atoms with Crippen molar-refractivity contribution in [2.75, 3.05) is 11.9 Å². The first-order valence-electron chi connectivity index (χ1n) is 9.69. The van der Waals surface area contributed by atoms with Gasteiger partial charge >= 0.3 is 0 Å². The van der Waals surface area contributed by atoms with Crippen LogP contribution in [0.2, 0.25) is 0 Å². The maximum atomic E-state index is 12.4. The number of nitrogens with zero attached hydrogens (tertiary/aromatic N) is 2. The second-order valence-electron chi connectivity index (χ2n) is 6.81. The van der Waals surface area contributed by atoms with Crippen molar-refractivity contribution in [1.82, 2.24) is 4.98 Å². The minimum atomic E-state index is -0.494. The van der Waals surface area contributed by atoms with E-state index in [0.29, 0.717) is 28.1 Å². The number of para-hydroxylation sites is 1. The molecule has 1 aromatic heterocycles. The molecule has 0 aliphatic carbocycles. The average molecular weight is 417 g/mol. The van der Waals surface area contributed by atoms with Crippen molar-refractivity contribution in [1.29, 1.82) is 0 Å². The van der Waals surface area contributed by atoms with Crippen LogP contribution < -0.4 is 10.1 Å². The second-order valence-corrected chi connectivity index (χ2v) is 6.81. The number of fused-ring (bicyclic) bond motifs is 1. The number of aryl methyl sites for hydroxylation is 1. The summed E-state index contributed by atoms with van der Waals surface area (Å²) in [6.07, 6.45) is 0.931. The molecule has 156 valence electrons. The van der Waals surface area contributed by atoms with E-state index < -0.39 is 4.92 Å². The Labute approximate surface area is 177 Å². The monoisotopic (exact) mass is 417 g/mol. The SMILES string of the molecule is CCc1ccc(OCC(=O)Nc2ccccc2-c2nc3ccc([N+](=O)[O-])cc3o2)cc1. The normalized spacial score (nSPS) is 10.7. The zero-order chi connectivity index (χ0) is 21.8. The molecule has 0 bridgehead atoms. The molecule has 0 atom stereocenters. The van der Waals surface area contributed by atoms with E-state index in [1.54, 1.807) is 24.3 Å². The quantitative estimate of drug-likeness (QED) is 0.335. The van der Waals surface area contributed by atoms with Gasteiger partial charge in [-0.05, 0) is 42.3 Å². The van der Waals surface area contributed by atoms with Crippen molar-refractivity contribution in [2.24, 2.45) is 0 Å². The summed E-state index contributed by atoms with van der Waals surface area (Å²) in [5, 5.41) is 13.8. The number of ether oxygens (including phenoxy) is 1. The number of nitrogens with one attached hydrogen (secondary N) is 1. The van der Waals surface area contributed by atoms with Gasteiger partial charge in [-0.25, -0.2) is 4.98 Å². The van der Waals surface area contributed by atoms with Gasteiger partial charge in [0.2, 0.25) is 5.89 Å². The van der Waals surface area contributed by atoms with Crippen LogP contribution in [0.3, 0.4) is 0 Å². The largest absolute Gasteiger partial charge is 0.484 e. The fourth-order valence-corrected chi connectivity index (χ4v) is 3.08. The molecule has 1 N–H and O–H groups in total. The van der Waals surface area contributed by atoms with Gasteiger partial charge in [-0.1, -0.05) is 31.2 Å². The van der Waals surface area contributed by atoms with Gasteiger partial charge in [-0.3, -0.25) is 14.9 Å². The van der Waals surface area contributed by atoms with Gasteiger partial charge in [-0.2, -0.15) is 0 Å². The van der Waals surface area contributed by atoms with E-state index in [1.807, 2.05) is 24.3 Å². The summed E-state index contributed by atoms with van der Waals surface area (Å²) in [5.74, 6) is 0.530. The molecule has 0 saturated heterocycles. The van der Waals surface area contributed by atoms with E-state index >= 15 is 0 Å². The Morgan fingerprint density at radius 1 is 1.13 bits per heavy atom. The summed E-state index contributed by atoms with van der Waals surface area (Å²) in [6, 6.07) is 18.8. The number of anilines is 1. The maximum Gasteiger partial charge on any atom is 0.273 e. The van der Waals surface area contributed by atoms with Gasteiger partial charge in [0.1, 0.15) is 11.3 Å². The first-order chi connectivity index (χ1) is 15.0. The number of amides is 1. The third kappa shape index (κ3) is 4.53. The fourth-order valence-electron chi connectivity index (χ4n) is 3.08. The number of carbonyl (C=O) groups is 1. The van der Waals surface area contributed by atoms with Gasteiger partial charge in [0.15, 0.2) is 12.2 Å². The first kappa shape index (κ1) is 20.1. The molecule has 4 rings (SSSR count). The number of rotatable bonds is 7. The van der Waals surface area contributed by atoms with Crippen LogP contribution in [0, 0.1) is 10.1 Å². The van der Waals surface area contributed by atoms with Crippen molar-refractivity contribution < 1.29 is 18.9 Å². The Kier molecular flexibility index (Phi) is 5.61. The molecule has 1 heterocycles. The minimum Gasteiger partial charge on any atom is -0.484 e. The van der Waals surface area contributed by atoms with Crippen LogP contribution in [0.4, 0.5) is 11.4 Å². The lowest BCUT2D eigenvalue weighted by atomic mass is 10.1. The summed E-state index contributed by atoms with van der Waals surface area (Å²) < 4.78 is 11.3. The summed E-state index contributed by atoms with van der Waals surface area (Å²) >= 11 is 0. The fraction of sp³-hybridized carbons (Fsp3) is 0.130. The molecule has 0 fully saturated rings. The van der Waals surface area contributed by atoms with Gasteiger partial charge in [0.25, 0.3) is 11.6 Å². The molecule has 0 radical (unpaired) electrons. The standard InChI is InChI=1S/C23H19N3O5/c1-2-15-7-10-17(11-8-15)30-14-22(27)24-19-6-4-3-5-18(19)23-25-20-12-9-16(26(28)29)13-21(20)31-23/h3-13H,2,14H2,1H3,(H,24,27). The topological polar surface area (TPSA) is 108 Å². The molecule has 0 unspecified atom stereocenters. The van der Waals surface area contributed by atoms with Crippen LogP contribution in [0.15, 0.2) is 71.1 Å². The van der Waals surface area contributed by atoms with Crippen molar-refractivity contribution >= 4 is 28.4 Å². The number of oxazole rings is 1. The molecule has 31 heavy (non-hydrogen) atoms. The van der Waals surface area contributed by atoms with Gasteiger partial charge in [0.05, 0.1) is 22.2 Å². The molecule has 0 aliphatic heterocycles. The Bertz CT molecular complexity index is 1250. The highest BCUT2D eigenvalue weighted by atomic mass is 16.6. The van der Waals surface area contributed by atoms with Crippen LogP contribution in [0.1, 0.15) is 12.5 Å². The lowest BCUT2D eigenvalue weighted by molar-refractivity contribution is -0.384. The minimum absolute atomic E-state index is 0.0825. The number of nitro benzene ring substituents is 1. The molecular weight excluding hydrogens is 398 g/mol. The summed E-state index contributed by atoms with van der Waals surface area (Å²) in [5.41, 5.74) is 2.94. The van der Waals surface area contributed by atoms with Crippen molar-refractivity contribution in [3.63, 3.8) is 0 Å². The van der Waals surface area contributed by atoms with E-state index in [2.05, 4.69) is 17.2 Å². The van der Waals surface area contributed by atoms with Gasteiger partial charge < -0.3 is 14.5 Å². The predicted octanol–water partition coefficient (Wildman–Crippen LogP) is 4.98. The van der Waals surface area contributed by atoms with Crippen LogP contribution >= 0.6 is 0 Å². The first-order valence-corrected chi connectivity index (χ1v) is 9.69. The summed E-state index contributed by atoms with van der Waals surface area (Å²) in [6.45, 7) is 1.92. The van der Waals surface area contributed by atoms with Crippen molar-refractivity contribution in [3.8, 4) is 17.2 Å². The van der Waals surface area contributed by atoms with E-state index in [9.17, 15) is 14.9 Å². The zero-order valence-corrected chi connectivity index (χ0v) is 16.7. The molecule has 8 nitrogen and oxygen atoms in total. The molecule has 4 aromatic rings. The Hall–Kier alpha value is -4.20. The number of non-ortho nitro benzene ring substituents is 1. The predicted molar refractivity (Wildman–Crippen MR) is 116 cm³/mol. The molecule has 0 saturated carbocycles. The maximum absolute atomic E-state index is 12.4. The molecule has 0 spiro atoms. The number of carbonyl (C=O) groups excluding carboxylic acids is 1. The zero-order valence-electron chi connectivity index (χ0n) is 16.7. The number of benzene rings is 3. The number of nitro groups is 1. The van der Waals surface area contributed by atoms with E-state index in [0.717, 1.165) is 6.42 Å². The number of hydrogen-bond donors (Lipinski definition) is 1. The second kappa shape index (κ2) is 8.66. The van der Waals surface area contributed by atoms with Crippen LogP contribution in [0.5, 0.6) is 5.75 Å². The van der Waals surface area contributed by atoms with E-state index in [-0.39, 0.29) is 24.1 Å². The van der Waals surface area contributed by atoms with Crippen LogP contribution in [0.25, 0.3) is 22.6 Å². The van der Waals surface area contributed by atoms with Crippen LogP contribution in [-0.2, 0) is 11.2 Å².